The average molecular weight is 349 g/mol. The first kappa shape index (κ1) is 16.9. The van der Waals surface area contributed by atoms with Crippen molar-refractivity contribution in [2.75, 3.05) is 26.4 Å². The molecular formula is C13H18BrFN2O3. The van der Waals surface area contributed by atoms with Gasteiger partial charge in [0.15, 0.2) is 0 Å². The summed E-state index contributed by atoms with van der Waals surface area (Å²) < 4.78 is 18.7. The largest absolute Gasteiger partial charge is 0.394 e. The second kappa shape index (κ2) is 9.68. The van der Waals surface area contributed by atoms with Crippen molar-refractivity contribution in [2.45, 2.75) is 13.0 Å². The number of rotatable bonds is 8. The minimum absolute atomic E-state index is 0.00232. The fraction of sp³-hybridized carbons (Fsp3) is 0.462. The Bertz CT molecular complexity index is 432. The third-order valence-corrected chi connectivity index (χ3v) is 3.07. The molecule has 20 heavy (non-hydrogen) atoms. The van der Waals surface area contributed by atoms with Gasteiger partial charge in [-0.05, 0) is 40.0 Å². The highest BCUT2D eigenvalue weighted by Crippen LogP contribution is 2.16. The van der Waals surface area contributed by atoms with E-state index in [0.717, 1.165) is 0 Å². The lowest BCUT2D eigenvalue weighted by Crippen LogP contribution is -2.35. The van der Waals surface area contributed by atoms with Crippen LogP contribution in [0.15, 0.2) is 22.7 Å². The standard InChI is InChI=1S/C13H18BrFN2O3/c14-11-3-2-10(8-12(11)15)9-17-13(19)16-4-1-6-20-7-5-18/h2-3,8,18H,1,4-7,9H2,(H2,16,17,19). The van der Waals surface area contributed by atoms with E-state index in [1.165, 1.54) is 6.07 Å². The number of halogens is 2. The Morgan fingerprint density at radius 1 is 1.35 bits per heavy atom. The summed E-state index contributed by atoms with van der Waals surface area (Å²) in [5.74, 6) is -0.356. The maximum Gasteiger partial charge on any atom is 0.315 e. The van der Waals surface area contributed by atoms with Crippen LogP contribution in [0.25, 0.3) is 0 Å². The Balaban J connectivity index is 2.15. The predicted octanol–water partition coefficient (Wildman–Crippen LogP) is 1.79. The van der Waals surface area contributed by atoms with Crippen LogP contribution in [0.3, 0.4) is 0 Å². The molecule has 0 bridgehead atoms. The van der Waals surface area contributed by atoms with E-state index in [-0.39, 0.29) is 25.0 Å². The molecule has 1 rings (SSSR count). The molecule has 0 radical (unpaired) electrons. The lowest BCUT2D eigenvalue weighted by atomic mass is 10.2. The molecule has 0 spiro atoms. The lowest BCUT2D eigenvalue weighted by Gasteiger charge is -2.08. The van der Waals surface area contributed by atoms with Crippen LogP contribution in [0.2, 0.25) is 0 Å². The third kappa shape index (κ3) is 6.83. The monoisotopic (exact) mass is 348 g/mol. The fourth-order valence-electron chi connectivity index (χ4n) is 1.44. The van der Waals surface area contributed by atoms with Crippen molar-refractivity contribution in [2.24, 2.45) is 0 Å². The minimum atomic E-state index is -0.356. The van der Waals surface area contributed by atoms with E-state index in [1.807, 2.05) is 0 Å². The van der Waals surface area contributed by atoms with Crippen LogP contribution in [0.4, 0.5) is 9.18 Å². The van der Waals surface area contributed by atoms with E-state index >= 15 is 0 Å². The summed E-state index contributed by atoms with van der Waals surface area (Å²) in [7, 11) is 0. The fourth-order valence-corrected chi connectivity index (χ4v) is 1.68. The van der Waals surface area contributed by atoms with Crippen LogP contribution in [-0.4, -0.2) is 37.5 Å². The van der Waals surface area contributed by atoms with Crippen LogP contribution in [-0.2, 0) is 11.3 Å². The number of carbonyl (C=O) groups excluding carboxylic acids is 1. The highest BCUT2D eigenvalue weighted by Gasteiger charge is 2.03. The van der Waals surface area contributed by atoms with Gasteiger partial charge in [-0.2, -0.15) is 0 Å². The van der Waals surface area contributed by atoms with Crippen molar-refractivity contribution in [3.05, 3.63) is 34.1 Å². The Morgan fingerprint density at radius 3 is 2.85 bits per heavy atom. The van der Waals surface area contributed by atoms with E-state index in [1.54, 1.807) is 12.1 Å². The number of hydrogen-bond donors (Lipinski definition) is 3. The Kier molecular flexibility index (Phi) is 8.17. The first-order valence-corrected chi connectivity index (χ1v) is 7.07. The van der Waals surface area contributed by atoms with Gasteiger partial charge < -0.3 is 20.5 Å². The smallest absolute Gasteiger partial charge is 0.315 e. The normalized spacial score (nSPS) is 10.3. The van der Waals surface area contributed by atoms with E-state index in [9.17, 15) is 9.18 Å². The van der Waals surface area contributed by atoms with Gasteiger partial charge in [-0.1, -0.05) is 6.07 Å². The molecule has 1 aromatic carbocycles. The second-order valence-electron chi connectivity index (χ2n) is 4.05. The molecule has 2 amide bonds. The van der Waals surface area contributed by atoms with Gasteiger partial charge in [0.05, 0.1) is 17.7 Å². The lowest BCUT2D eigenvalue weighted by molar-refractivity contribution is 0.0910. The summed E-state index contributed by atoms with van der Waals surface area (Å²) in [6, 6.07) is 4.39. The summed E-state index contributed by atoms with van der Waals surface area (Å²) >= 11 is 3.07. The Labute approximate surface area is 125 Å². The molecule has 0 fully saturated rings. The van der Waals surface area contributed by atoms with Crippen LogP contribution < -0.4 is 10.6 Å². The number of benzene rings is 1. The van der Waals surface area contributed by atoms with Gasteiger partial charge in [-0.15, -0.1) is 0 Å². The topological polar surface area (TPSA) is 70.6 Å². The zero-order valence-corrected chi connectivity index (χ0v) is 12.6. The van der Waals surface area contributed by atoms with E-state index in [4.69, 9.17) is 9.84 Å². The summed E-state index contributed by atoms with van der Waals surface area (Å²) in [4.78, 5) is 11.5. The first-order chi connectivity index (χ1) is 9.63. The summed E-state index contributed by atoms with van der Waals surface area (Å²) in [5, 5.41) is 13.8. The third-order valence-electron chi connectivity index (χ3n) is 2.42. The quantitative estimate of drug-likeness (QED) is 0.627. The van der Waals surface area contributed by atoms with Crippen LogP contribution >= 0.6 is 15.9 Å². The minimum Gasteiger partial charge on any atom is -0.394 e. The molecule has 0 aliphatic rings. The number of aliphatic hydroxyl groups is 1. The number of aliphatic hydroxyl groups excluding tert-OH is 1. The molecule has 5 nitrogen and oxygen atoms in total. The molecule has 0 saturated heterocycles. The van der Waals surface area contributed by atoms with Gasteiger partial charge in [0, 0.05) is 19.7 Å². The molecule has 0 aromatic heterocycles. The van der Waals surface area contributed by atoms with Crippen LogP contribution in [0, 0.1) is 5.82 Å². The van der Waals surface area contributed by atoms with Crippen LogP contribution in [0.1, 0.15) is 12.0 Å². The van der Waals surface area contributed by atoms with Gasteiger partial charge >= 0.3 is 6.03 Å². The molecule has 0 aliphatic carbocycles. The molecule has 0 unspecified atom stereocenters. The van der Waals surface area contributed by atoms with Crippen molar-refractivity contribution in [1.29, 1.82) is 0 Å². The zero-order valence-electron chi connectivity index (χ0n) is 11.0. The molecule has 0 heterocycles. The van der Waals surface area contributed by atoms with Gasteiger partial charge in [0.1, 0.15) is 5.82 Å². The van der Waals surface area contributed by atoms with E-state index < -0.39 is 0 Å². The summed E-state index contributed by atoms with van der Waals surface area (Å²) in [5.41, 5.74) is 0.687. The predicted molar refractivity (Wildman–Crippen MR) is 76.9 cm³/mol. The number of ether oxygens (including phenoxy) is 1. The van der Waals surface area contributed by atoms with E-state index in [0.29, 0.717) is 36.2 Å². The second-order valence-corrected chi connectivity index (χ2v) is 4.90. The molecule has 0 saturated carbocycles. The number of nitrogens with one attached hydrogen (secondary N) is 2. The molecule has 112 valence electrons. The molecule has 0 atom stereocenters. The summed E-state index contributed by atoms with van der Waals surface area (Å²) in [6.07, 6.45) is 0.667. The number of carbonyl (C=O) groups is 1. The molecule has 1 aromatic rings. The Hall–Kier alpha value is -1.18. The van der Waals surface area contributed by atoms with Crippen LogP contribution in [0.5, 0.6) is 0 Å². The average Bonchev–Trinajstić information content (AvgIpc) is 2.44. The molecular weight excluding hydrogens is 331 g/mol. The molecule has 7 heteroatoms. The van der Waals surface area contributed by atoms with E-state index in [2.05, 4.69) is 26.6 Å². The van der Waals surface area contributed by atoms with Crippen molar-refractivity contribution in [3.8, 4) is 0 Å². The zero-order chi connectivity index (χ0) is 14.8. The Morgan fingerprint density at radius 2 is 2.15 bits per heavy atom. The number of hydrogen-bond acceptors (Lipinski definition) is 3. The highest BCUT2D eigenvalue weighted by molar-refractivity contribution is 9.10. The maximum absolute atomic E-state index is 13.2. The number of amides is 2. The van der Waals surface area contributed by atoms with Gasteiger partial charge in [0.2, 0.25) is 0 Å². The highest BCUT2D eigenvalue weighted by atomic mass is 79.9. The van der Waals surface area contributed by atoms with Crippen molar-refractivity contribution in [1.82, 2.24) is 10.6 Å². The van der Waals surface area contributed by atoms with Crippen molar-refractivity contribution >= 4 is 22.0 Å². The molecule has 3 N–H and O–H groups in total. The maximum atomic E-state index is 13.2. The van der Waals surface area contributed by atoms with Crippen molar-refractivity contribution < 1.29 is 19.0 Å². The molecule has 0 aliphatic heterocycles. The van der Waals surface area contributed by atoms with Gasteiger partial charge in [-0.25, -0.2) is 9.18 Å². The van der Waals surface area contributed by atoms with Gasteiger partial charge in [-0.3, -0.25) is 0 Å². The summed E-state index contributed by atoms with van der Waals surface area (Å²) in [6.45, 7) is 1.53. The SMILES string of the molecule is O=C(NCCCOCCO)NCc1ccc(Br)c(F)c1. The first-order valence-electron chi connectivity index (χ1n) is 6.27. The van der Waals surface area contributed by atoms with Gasteiger partial charge in [0.25, 0.3) is 0 Å². The van der Waals surface area contributed by atoms with Crippen molar-refractivity contribution in [3.63, 3.8) is 0 Å². The number of urea groups is 1.